The standard InChI is InChI=1S/C40H51N5O6/c46-34-15-13-32(33-14-16-37(48)43-39(33)34)35(47)26-41-19-9-4-2-1-3-5-10-22-50-31-23-30(24-42-25-31)38(29-11-7-6-8-12-29)44-40(49)51-36-27-45-20-17-28(36)18-21-45/h6-8,11-16,23-25,28,35-36,38,41,46-47H,1-5,9-10,17-22,26-27H2,(H,43,48)(H,44,49). The number of aromatic nitrogens is 2. The molecule has 51 heavy (non-hydrogen) atoms. The number of carbonyl (C=O) groups excluding carboxylic acids is 1. The zero-order chi connectivity index (χ0) is 35.4. The van der Waals surface area contributed by atoms with Gasteiger partial charge in [0.2, 0.25) is 5.56 Å². The first-order valence-corrected chi connectivity index (χ1v) is 18.5. The molecule has 3 aliphatic rings. The average molecular weight is 698 g/mol. The summed E-state index contributed by atoms with van der Waals surface area (Å²) >= 11 is 0. The lowest BCUT2D eigenvalue weighted by Crippen LogP contribution is -2.52. The van der Waals surface area contributed by atoms with Crippen LogP contribution in [0.2, 0.25) is 0 Å². The zero-order valence-corrected chi connectivity index (χ0v) is 29.3. The van der Waals surface area contributed by atoms with E-state index >= 15 is 0 Å². The monoisotopic (exact) mass is 697 g/mol. The minimum Gasteiger partial charge on any atom is -0.506 e. The highest BCUT2D eigenvalue weighted by molar-refractivity contribution is 5.87. The van der Waals surface area contributed by atoms with Crippen LogP contribution >= 0.6 is 0 Å². The molecule has 3 atom stereocenters. The van der Waals surface area contributed by atoms with Crippen molar-refractivity contribution in [1.82, 2.24) is 25.5 Å². The van der Waals surface area contributed by atoms with Crippen LogP contribution in [0.25, 0.3) is 10.9 Å². The second kappa shape index (κ2) is 18.2. The summed E-state index contributed by atoms with van der Waals surface area (Å²) in [4.78, 5) is 34.2. The van der Waals surface area contributed by atoms with Crippen LogP contribution in [0.3, 0.4) is 0 Å². The van der Waals surface area contributed by atoms with Crippen LogP contribution in [0.15, 0.2) is 77.9 Å². The molecule has 4 aromatic rings. The molecule has 2 aromatic carbocycles. The van der Waals surface area contributed by atoms with Crippen LogP contribution in [-0.2, 0) is 4.74 Å². The number of phenolic OH excluding ortho intramolecular Hbond substituents is 1. The van der Waals surface area contributed by atoms with Gasteiger partial charge in [0.15, 0.2) is 0 Å². The Morgan fingerprint density at radius 1 is 0.941 bits per heavy atom. The number of phenols is 1. The quantitative estimate of drug-likeness (QED) is 0.0793. The number of H-pyrrole nitrogens is 1. The third-order valence-corrected chi connectivity index (χ3v) is 10.2. The fourth-order valence-corrected chi connectivity index (χ4v) is 7.33. The first-order chi connectivity index (χ1) is 24.9. The molecule has 272 valence electrons. The Kier molecular flexibility index (Phi) is 12.9. The van der Waals surface area contributed by atoms with Gasteiger partial charge in [0.25, 0.3) is 0 Å². The van der Waals surface area contributed by atoms with Crippen molar-refractivity contribution in [2.45, 2.75) is 76.0 Å². The number of alkyl carbamates (subject to hydrolysis) is 1. The Bertz CT molecular complexity index is 1760. The maximum absolute atomic E-state index is 13.1. The molecule has 0 radical (unpaired) electrons. The fraction of sp³-hybridized carbons (Fsp3) is 0.475. The van der Waals surface area contributed by atoms with Crippen molar-refractivity contribution in [3.63, 3.8) is 0 Å². The van der Waals surface area contributed by atoms with Crippen molar-refractivity contribution < 1.29 is 24.5 Å². The molecule has 11 nitrogen and oxygen atoms in total. The zero-order valence-electron chi connectivity index (χ0n) is 29.3. The molecule has 3 saturated heterocycles. The summed E-state index contributed by atoms with van der Waals surface area (Å²) in [5.74, 6) is 1.12. The van der Waals surface area contributed by atoms with Crippen molar-refractivity contribution >= 4 is 17.0 Å². The van der Waals surface area contributed by atoms with E-state index in [4.69, 9.17) is 9.47 Å². The average Bonchev–Trinajstić information content (AvgIpc) is 3.15. The fourth-order valence-electron chi connectivity index (χ4n) is 7.33. The van der Waals surface area contributed by atoms with Gasteiger partial charge in [-0.3, -0.25) is 14.7 Å². The SMILES string of the molecule is O=C(NC(c1ccccc1)c1cncc(OCCCCCCCCCNCC(O)c2ccc(O)c3[nH]c(=O)ccc23)c1)OC1CN2CCC1CC2. The molecule has 7 rings (SSSR count). The van der Waals surface area contributed by atoms with E-state index in [0.717, 1.165) is 95.1 Å². The molecule has 3 fully saturated rings. The highest BCUT2D eigenvalue weighted by Crippen LogP contribution is 2.31. The Balaban J connectivity index is 0.860. The number of nitrogens with one attached hydrogen (secondary N) is 3. The molecule has 3 unspecified atom stereocenters. The van der Waals surface area contributed by atoms with Gasteiger partial charge in [0, 0.05) is 36.3 Å². The van der Waals surface area contributed by atoms with Crippen LogP contribution in [0, 0.1) is 5.92 Å². The summed E-state index contributed by atoms with van der Waals surface area (Å²) in [5.41, 5.74) is 2.52. The van der Waals surface area contributed by atoms with E-state index in [1.807, 2.05) is 36.4 Å². The largest absolute Gasteiger partial charge is 0.506 e. The number of aliphatic hydroxyl groups is 1. The molecule has 0 aliphatic carbocycles. The Hall–Kier alpha value is -4.45. The van der Waals surface area contributed by atoms with Crippen LogP contribution in [0.4, 0.5) is 4.79 Å². The van der Waals surface area contributed by atoms with Gasteiger partial charge in [-0.1, -0.05) is 68.5 Å². The third kappa shape index (κ3) is 10.1. The molecule has 0 saturated carbocycles. The molecule has 1 amide bonds. The molecule has 11 heteroatoms. The van der Waals surface area contributed by atoms with Gasteiger partial charge in [0.1, 0.15) is 17.6 Å². The number of amides is 1. The lowest BCUT2D eigenvalue weighted by atomic mass is 9.86. The molecule has 5 heterocycles. The third-order valence-electron chi connectivity index (χ3n) is 10.2. The molecule has 5 N–H and O–H groups in total. The number of fused-ring (bicyclic) bond motifs is 4. The number of unbranched alkanes of at least 4 members (excludes halogenated alkanes) is 6. The Morgan fingerprint density at radius 3 is 2.47 bits per heavy atom. The van der Waals surface area contributed by atoms with Gasteiger partial charge in [0.05, 0.1) is 30.5 Å². The van der Waals surface area contributed by atoms with E-state index in [9.17, 15) is 19.8 Å². The van der Waals surface area contributed by atoms with Crippen molar-refractivity contribution in [3.8, 4) is 11.5 Å². The molecule has 0 spiro atoms. The number of nitrogens with zero attached hydrogens (tertiary/aromatic N) is 2. The lowest BCUT2D eigenvalue weighted by Gasteiger charge is -2.43. The summed E-state index contributed by atoms with van der Waals surface area (Å²) in [6.45, 7) is 4.82. The van der Waals surface area contributed by atoms with E-state index in [-0.39, 0.29) is 17.4 Å². The predicted molar refractivity (Wildman–Crippen MR) is 197 cm³/mol. The van der Waals surface area contributed by atoms with Crippen LogP contribution in [0.5, 0.6) is 11.5 Å². The normalized spacial score (nSPS) is 19.4. The molecular weight excluding hydrogens is 646 g/mol. The number of aliphatic hydroxyl groups excluding tert-OH is 1. The number of hydrogen-bond acceptors (Lipinski definition) is 9. The smallest absolute Gasteiger partial charge is 0.408 e. The predicted octanol–water partition coefficient (Wildman–Crippen LogP) is 5.97. The summed E-state index contributed by atoms with van der Waals surface area (Å²) in [6, 6.07) is 17.7. The summed E-state index contributed by atoms with van der Waals surface area (Å²) in [6.07, 6.45) is 12.1. The van der Waals surface area contributed by atoms with E-state index < -0.39 is 18.2 Å². The second-order valence-corrected chi connectivity index (χ2v) is 13.9. The maximum Gasteiger partial charge on any atom is 0.408 e. The van der Waals surface area contributed by atoms with Gasteiger partial charge in [-0.25, -0.2) is 4.79 Å². The number of rotatable bonds is 18. The van der Waals surface area contributed by atoms with E-state index in [1.165, 1.54) is 12.1 Å². The number of hydrogen-bond donors (Lipinski definition) is 5. The number of piperidine rings is 3. The number of benzene rings is 2. The van der Waals surface area contributed by atoms with Crippen molar-refractivity contribution in [1.29, 1.82) is 0 Å². The second-order valence-electron chi connectivity index (χ2n) is 13.9. The number of ether oxygens (including phenoxy) is 2. The number of aromatic amines is 1. The summed E-state index contributed by atoms with van der Waals surface area (Å²) in [7, 11) is 0. The van der Waals surface area contributed by atoms with Gasteiger partial charge < -0.3 is 35.3 Å². The molecule has 3 aliphatic heterocycles. The molecule has 2 aromatic heterocycles. The van der Waals surface area contributed by atoms with Gasteiger partial charge in [-0.2, -0.15) is 0 Å². The van der Waals surface area contributed by atoms with Crippen molar-refractivity contribution in [3.05, 3.63) is 100 Å². The summed E-state index contributed by atoms with van der Waals surface area (Å²) < 4.78 is 12.0. The lowest BCUT2D eigenvalue weighted by molar-refractivity contribution is -0.0336. The van der Waals surface area contributed by atoms with Gasteiger partial charge in [-0.15, -0.1) is 0 Å². The minimum absolute atomic E-state index is 0.0114. The van der Waals surface area contributed by atoms with Gasteiger partial charge >= 0.3 is 6.09 Å². The van der Waals surface area contributed by atoms with E-state index in [0.29, 0.717) is 41.3 Å². The highest BCUT2D eigenvalue weighted by atomic mass is 16.6. The maximum atomic E-state index is 13.1. The highest BCUT2D eigenvalue weighted by Gasteiger charge is 2.37. The Labute approximate surface area is 299 Å². The van der Waals surface area contributed by atoms with Gasteiger partial charge in [-0.05, 0) is 80.6 Å². The van der Waals surface area contributed by atoms with Crippen LogP contribution in [0.1, 0.15) is 86.6 Å². The van der Waals surface area contributed by atoms with Crippen LogP contribution < -0.4 is 20.9 Å². The minimum atomic E-state index is -0.745. The first-order valence-electron chi connectivity index (χ1n) is 18.5. The van der Waals surface area contributed by atoms with Crippen molar-refractivity contribution in [2.24, 2.45) is 5.92 Å². The molecular formula is C40H51N5O6. The first kappa shape index (κ1) is 36.3. The van der Waals surface area contributed by atoms with Crippen LogP contribution in [-0.4, -0.2) is 76.6 Å². The van der Waals surface area contributed by atoms with E-state index in [2.05, 4.69) is 25.5 Å². The van der Waals surface area contributed by atoms with E-state index in [1.54, 1.807) is 24.5 Å². The number of carbonyl (C=O) groups is 1. The molecule has 2 bridgehead atoms. The topological polar surface area (TPSA) is 149 Å². The number of aromatic hydroxyl groups is 1. The number of pyridine rings is 2. The Morgan fingerprint density at radius 2 is 1.71 bits per heavy atom. The van der Waals surface area contributed by atoms with Crippen molar-refractivity contribution in [2.75, 3.05) is 39.3 Å². The summed E-state index contributed by atoms with van der Waals surface area (Å²) in [5, 5.41) is 27.8.